The van der Waals surface area contributed by atoms with Gasteiger partial charge in [0, 0.05) is 35.9 Å². The van der Waals surface area contributed by atoms with Crippen LogP contribution in [-0.4, -0.2) is 119 Å². The van der Waals surface area contributed by atoms with E-state index in [1.54, 1.807) is 25.1 Å². The van der Waals surface area contributed by atoms with Crippen LogP contribution in [-0.2, 0) is 24.3 Å². The van der Waals surface area contributed by atoms with Gasteiger partial charge < -0.3 is 29.7 Å². The number of carbonyl (C=O) groups is 1. The van der Waals surface area contributed by atoms with Crippen molar-refractivity contribution < 1.29 is 51.2 Å². The Balaban J connectivity index is 1.56. The number of benzene rings is 2. The van der Waals surface area contributed by atoms with Crippen LogP contribution in [0.5, 0.6) is 0 Å². The lowest BCUT2D eigenvalue weighted by Gasteiger charge is -2.45. The largest absolute Gasteiger partial charge is 0.394 e. The molecular weight excluding hydrogens is 703 g/mol. The number of aromatic nitrogens is 3. The first kappa shape index (κ1) is 34.4. The number of methoxy groups -OCH3 is 1. The SMILES string of the molecule is CO[C@@H]1[C@@H](n2cc(-c3cc(F)c(F)c(F)c3)nn2)[C@@H](O)[C@@H](CO)O[C@H]1C(=O)N(c1cc(C)cc(Br)c1)[C@H]1CN(S(C)(=O)=O)C[C@@H]1O. The molecule has 2 saturated heterocycles. The highest BCUT2D eigenvalue weighted by molar-refractivity contribution is 9.10. The molecule has 5 rings (SSSR count). The van der Waals surface area contributed by atoms with Gasteiger partial charge in [-0.25, -0.2) is 26.3 Å². The Morgan fingerprint density at radius 3 is 2.39 bits per heavy atom. The van der Waals surface area contributed by atoms with E-state index in [1.165, 1.54) is 18.2 Å². The van der Waals surface area contributed by atoms with Gasteiger partial charge in [0.15, 0.2) is 23.6 Å². The smallest absolute Gasteiger partial charge is 0.259 e. The molecule has 2 aliphatic rings. The van der Waals surface area contributed by atoms with Gasteiger partial charge in [0.25, 0.3) is 5.91 Å². The molecule has 0 radical (unpaired) electrons. The second-order valence-electron chi connectivity index (χ2n) is 11.2. The third kappa shape index (κ3) is 6.57. The second-order valence-corrected chi connectivity index (χ2v) is 14.1. The fourth-order valence-corrected chi connectivity index (χ4v) is 7.30. The van der Waals surface area contributed by atoms with Gasteiger partial charge >= 0.3 is 0 Å². The molecule has 2 aromatic carbocycles. The number of rotatable bonds is 8. The number of sulfonamides is 1. The molecule has 0 saturated carbocycles. The van der Waals surface area contributed by atoms with Crippen LogP contribution in [0.1, 0.15) is 11.6 Å². The van der Waals surface area contributed by atoms with Crippen molar-refractivity contribution in [3.8, 4) is 11.3 Å². The van der Waals surface area contributed by atoms with Crippen LogP contribution >= 0.6 is 15.9 Å². The molecule has 18 heteroatoms. The summed E-state index contributed by atoms with van der Waals surface area (Å²) in [6.07, 6.45) is -4.92. The maximum atomic E-state index is 14.6. The monoisotopic (exact) mass is 733 g/mol. The molecule has 2 aliphatic heterocycles. The molecule has 46 heavy (non-hydrogen) atoms. The minimum Gasteiger partial charge on any atom is -0.394 e. The minimum absolute atomic E-state index is 0.101. The van der Waals surface area contributed by atoms with Crippen molar-refractivity contribution in [2.24, 2.45) is 0 Å². The van der Waals surface area contributed by atoms with Crippen LogP contribution in [0.15, 0.2) is 41.0 Å². The molecule has 3 N–H and O–H groups in total. The summed E-state index contributed by atoms with van der Waals surface area (Å²) < 4.78 is 80.5. The molecule has 0 spiro atoms. The molecule has 0 aliphatic carbocycles. The summed E-state index contributed by atoms with van der Waals surface area (Å²) in [5, 5.41) is 40.3. The van der Waals surface area contributed by atoms with E-state index in [2.05, 4.69) is 26.2 Å². The number of nitrogens with zero attached hydrogens (tertiary/aromatic N) is 5. The fourth-order valence-electron chi connectivity index (χ4n) is 5.85. The van der Waals surface area contributed by atoms with Crippen molar-refractivity contribution >= 4 is 37.5 Å². The van der Waals surface area contributed by atoms with E-state index in [0.29, 0.717) is 22.3 Å². The summed E-state index contributed by atoms with van der Waals surface area (Å²) >= 11 is 3.41. The summed E-state index contributed by atoms with van der Waals surface area (Å²) in [5.41, 5.74) is 0.761. The average Bonchev–Trinajstić information content (AvgIpc) is 3.62. The topological polar surface area (TPSA) is 168 Å². The first-order chi connectivity index (χ1) is 21.6. The van der Waals surface area contributed by atoms with E-state index in [1.807, 2.05) is 0 Å². The lowest BCUT2D eigenvalue weighted by atomic mass is 9.91. The molecule has 1 amide bonds. The van der Waals surface area contributed by atoms with Crippen LogP contribution in [0.3, 0.4) is 0 Å². The highest BCUT2D eigenvalue weighted by atomic mass is 79.9. The zero-order chi connectivity index (χ0) is 33.7. The number of ether oxygens (including phenoxy) is 2. The average molecular weight is 735 g/mol. The number of β-amino-alcohol motifs (C(OH)–C–C–N with tert-alkyl or cyclic N) is 1. The van der Waals surface area contributed by atoms with Crippen LogP contribution < -0.4 is 4.90 Å². The summed E-state index contributed by atoms with van der Waals surface area (Å²) in [4.78, 5) is 15.8. The Bertz CT molecular complexity index is 1690. The lowest BCUT2D eigenvalue weighted by molar-refractivity contribution is -0.211. The molecule has 3 heterocycles. The lowest BCUT2D eigenvalue weighted by Crippen LogP contribution is -2.63. The third-order valence-corrected chi connectivity index (χ3v) is 9.74. The van der Waals surface area contributed by atoms with Gasteiger partial charge in [0.05, 0.1) is 31.2 Å². The van der Waals surface area contributed by atoms with Crippen molar-refractivity contribution in [3.05, 3.63) is 64.0 Å². The number of aliphatic hydroxyl groups excluding tert-OH is 3. The highest BCUT2D eigenvalue weighted by Gasteiger charge is 2.53. The number of hydrogen-bond acceptors (Lipinski definition) is 10. The highest BCUT2D eigenvalue weighted by Crippen LogP contribution is 2.36. The summed E-state index contributed by atoms with van der Waals surface area (Å²) in [7, 11) is -2.51. The Labute approximate surface area is 270 Å². The van der Waals surface area contributed by atoms with E-state index in [0.717, 1.165) is 20.8 Å². The maximum Gasteiger partial charge on any atom is 0.259 e. The Morgan fingerprint density at radius 1 is 1.15 bits per heavy atom. The number of carbonyl (C=O) groups excluding carboxylic acids is 1. The van der Waals surface area contributed by atoms with Gasteiger partial charge in [-0.05, 0) is 42.8 Å². The quantitative estimate of drug-likeness (QED) is 0.286. The molecule has 250 valence electrons. The normalized spacial score (nSPS) is 27.2. The number of hydrogen-bond donors (Lipinski definition) is 3. The van der Waals surface area contributed by atoms with Gasteiger partial charge in [-0.3, -0.25) is 4.79 Å². The van der Waals surface area contributed by atoms with Gasteiger partial charge in [-0.1, -0.05) is 21.1 Å². The predicted molar refractivity (Wildman–Crippen MR) is 159 cm³/mol. The third-order valence-electron chi connectivity index (χ3n) is 8.05. The van der Waals surface area contributed by atoms with E-state index in [9.17, 15) is 41.7 Å². The first-order valence-electron chi connectivity index (χ1n) is 13.9. The van der Waals surface area contributed by atoms with Crippen molar-refractivity contribution in [1.29, 1.82) is 0 Å². The maximum absolute atomic E-state index is 14.6. The van der Waals surface area contributed by atoms with Crippen molar-refractivity contribution in [2.75, 3.05) is 38.0 Å². The Morgan fingerprint density at radius 2 is 1.83 bits per heavy atom. The molecule has 3 aromatic rings. The molecule has 0 bridgehead atoms. The molecule has 2 fully saturated rings. The molecule has 1 aromatic heterocycles. The van der Waals surface area contributed by atoms with Gasteiger partial charge in [-0.2, -0.15) is 4.31 Å². The number of aliphatic hydroxyl groups is 3. The summed E-state index contributed by atoms with van der Waals surface area (Å²) in [5.74, 6) is -5.37. The zero-order valence-corrected chi connectivity index (χ0v) is 27.1. The van der Waals surface area contributed by atoms with Gasteiger partial charge in [0.1, 0.15) is 30.0 Å². The van der Waals surface area contributed by atoms with Crippen LogP contribution in [0, 0.1) is 24.4 Å². The first-order valence-corrected chi connectivity index (χ1v) is 16.6. The van der Waals surface area contributed by atoms with Crippen molar-refractivity contribution in [2.45, 2.75) is 49.5 Å². The zero-order valence-electron chi connectivity index (χ0n) is 24.7. The van der Waals surface area contributed by atoms with E-state index >= 15 is 0 Å². The minimum atomic E-state index is -3.74. The molecule has 0 unspecified atom stereocenters. The Hall–Kier alpha value is -2.97. The predicted octanol–water partition coefficient (Wildman–Crippen LogP) is 1.15. The van der Waals surface area contributed by atoms with Crippen LogP contribution in [0.25, 0.3) is 11.3 Å². The van der Waals surface area contributed by atoms with Crippen LogP contribution in [0.4, 0.5) is 18.9 Å². The molecular formula is C28H31BrF3N5O8S. The number of halogens is 4. The van der Waals surface area contributed by atoms with E-state index in [-0.39, 0.29) is 24.3 Å². The van der Waals surface area contributed by atoms with Crippen molar-refractivity contribution in [3.63, 3.8) is 0 Å². The standard InChI is InChI=1S/C28H31BrF3N5O8S/c1-13-4-15(29)8-16(5-13)37(20-10-35(11-21(20)39)46(3,42)43)28(41)27-26(44-2)24(25(40)22(12-38)45-27)36-9-19(33-34-36)14-6-17(30)23(32)18(31)7-14/h4-9,20-22,24-27,38-40H,10-12H2,1-3H3/t20-,21-,22+,24-,25-,26+,27+/m0/s1. The van der Waals surface area contributed by atoms with E-state index in [4.69, 9.17) is 9.47 Å². The van der Waals surface area contributed by atoms with Crippen LogP contribution in [0.2, 0.25) is 0 Å². The second kappa shape index (κ2) is 13.3. The number of anilines is 1. The van der Waals surface area contributed by atoms with Gasteiger partial charge in [-0.15, -0.1) is 5.10 Å². The number of aryl methyl sites for hydroxylation is 1. The number of amides is 1. The van der Waals surface area contributed by atoms with Crippen molar-refractivity contribution in [1.82, 2.24) is 19.3 Å². The fraction of sp³-hybridized carbons (Fsp3) is 0.464. The Kier molecular flexibility index (Phi) is 9.91. The molecule has 7 atom stereocenters. The molecule has 13 nitrogen and oxygen atoms in total. The summed E-state index contributed by atoms with van der Waals surface area (Å²) in [6.45, 7) is 0.508. The summed E-state index contributed by atoms with van der Waals surface area (Å²) in [6, 6.07) is 4.13. The van der Waals surface area contributed by atoms with Gasteiger partial charge in [0.2, 0.25) is 10.0 Å². The van der Waals surface area contributed by atoms with E-state index < -0.39 is 82.6 Å².